The van der Waals surface area contributed by atoms with Crippen LogP contribution in [0.15, 0.2) is 29.0 Å². The van der Waals surface area contributed by atoms with Crippen molar-refractivity contribution in [1.29, 1.82) is 0 Å². The fourth-order valence-electron chi connectivity index (χ4n) is 1.25. The molecule has 0 radical (unpaired) electrons. The number of nitrogens with one attached hydrogen (secondary N) is 2. The second-order valence-electron chi connectivity index (χ2n) is 3.25. The van der Waals surface area contributed by atoms with Crippen LogP contribution >= 0.6 is 15.9 Å². The first-order chi connectivity index (χ1) is 8.16. The highest BCUT2D eigenvalue weighted by atomic mass is 79.9. The van der Waals surface area contributed by atoms with E-state index in [1.54, 1.807) is 12.1 Å². The van der Waals surface area contributed by atoms with Crippen molar-refractivity contribution >= 4 is 21.8 Å². The molecule has 7 heteroatoms. The van der Waals surface area contributed by atoms with Crippen molar-refractivity contribution in [3.63, 3.8) is 0 Å². The number of nitrogens with zero attached hydrogens (tertiary/aromatic N) is 2. The lowest BCUT2D eigenvalue weighted by Crippen LogP contribution is -2.24. The highest BCUT2D eigenvalue weighted by Crippen LogP contribution is 2.15. The summed E-state index contributed by atoms with van der Waals surface area (Å²) in [6.45, 7) is 0.0881. The third kappa shape index (κ3) is 2.88. The Kier molecular flexibility index (Phi) is 3.48. The van der Waals surface area contributed by atoms with Gasteiger partial charge >= 0.3 is 0 Å². The van der Waals surface area contributed by atoms with E-state index in [-0.39, 0.29) is 18.2 Å². The summed E-state index contributed by atoms with van der Waals surface area (Å²) in [6, 6.07) is 4.53. The van der Waals surface area contributed by atoms with Crippen LogP contribution in [0.2, 0.25) is 0 Å². The first-order valence-electron chi connectivity index (χ1n) is 4.74. The molecular formula is C10H8BrFN4O. The predicted molar refractivity (Wildman–Crippen MR) is 61.7 cm³/mol. The van der Waals surface area contributed by atoms with Crippen molar-refractivity contribution in [3.05, 3.63) is 46.2 Å². The minimum atomic E-state index is -0.429. The van der Waals surface area contributed by atoms with Crippen LogP contribution < -0.4 is 5.32 Å². The first-order valence-corrected chi connectivity index (χ1v) is 5.53. The highest BCUT2D eigenvalue weighted by Gasteiger charge is 2.09. The van der Waals surface area contributed by atoms with Crippen LogP contribution in [-0.2, 0) is 6.54 Å². The van der Waals surface area contributed by atoms with Crippen LogP contribution in [-0.4, -0.2) is 21.1 Å². The van der Waals surface area contributed by atoms with Gasteiger partial charge in [-0.25, -0.2) is 9.37 Å². The van der Waals surface area contributed by atoms with Gasteiger partial charge < -0.3 is 5.32 Å². The second kappa shape index (κ2) is 5.05. The van der Waals surface area contributed by atoms with Crippen molar-refractivity contribution in [2.45, 2.75) is 6.54 Å². The molecule has 5 nitrogen and oxygen atoms in total. The molecule has 0 saturated heterocycles. The number of aromatic nitrogens is 3. The average molecular weight is 299 g/mol. The van der Waals surface area contributed by atoms with Gasteiger partial charge in [0.05, 0.1) is 0 Å². The minimum absolute atomic E-state index is 0.0881. The van der Waals surface area contributed by atoms with E-state index in [0.717, 1.165) is 4.47 Å². The Balaban J connectivity index is 2.03. The molecule has 1 aromatic carbocycles. The van der Waals surface area contributed by atoms with E-state index in [1.807, 2.05) is 0 Å². The Morgan fingerprint density at radius 2 is 2.35 bits per heavy atom. The van der Waals surface area contributed by atoms with Crippen molar-refractivity contribution in [2.75, 3.05) is 0 Å². The van der Waals surface area contributed by atoms with Gasteiger partial charge in [0.1, 0.15) is 12.1 Å². The fraction of sp³-hybridized carbons (Fsp3) is 0.100. The van der Waals surface area contributed by atoms with Crippen LogP contribution in [0.4, 0.5) is 4.39 Å². The maximum Gasteiger partial charge on any atom is 0.288 e. The summed E-state index contributed by atoms with van der Waals surface area (Å²) in [4.78, 5) is 15.2. The summed E-state index contributed by atoms with van der Waals surface area (Å²) in [5, 5.41) is 8.51. The summed E-state index contributed by atoms with van der Waals surface area (Å²) < 4.78 is 14.1. The van der Waals surface area contributed by atoms with Gasteiger partial charge in [0, 0.05) is 16.6 Å². The van der Waals surface area contributed by atoms with E-state index in [0.29, 0.717) is 5.56 Å². The van der Waals surface area contributed by atoms with Crippen LogP contribution in [0.5, 0.6) is 0 Å². The third-order valence-electron chi connectivity index (χ3n) is 2.08. The summed E-state index contributed by atoms with van der Waals surface area (Å²) in [5.41, 5.74) is 0.396. The van der Waals surface area contributed by atoms with Crippen molar-refractivity contribution in [2.24, 2.45) is 0 Å². The summed E-state index contributed by atoms with van der Waals surface area (Å²) >= 11 is 3.23. The normalized spacial score (nSPS) is 10.2. The van der Waals surface area contributed by atoms with Crippen molar-refractivity contribution < 1.29 is 9.18 Å². The molecule has 0 aliphatic rings. The lowest BCUT2D eigenvalue weighted by atomic mass is 10.2. The average Bonchev–Trinajstić information content (AvgIpc) is 2.83. The van der Waals surface area contributed by atoms with Crippen LogP contribution in [0.25, 0.3) is 0 Å². The maximum absolute atomic E-state index is 13.4. The zero-order valence-electron chi connectivity index (χ0n) is 8.58. The van der Waals surface area contributed by atoms with E-state index in [9.17, 15) is 9.18 Å². The van der Waals surface area contributed by atoms with Crippen LogP contribution in [0.1, 0.15) is 16.2 Å². The number of carbonyl (C=O) groups is 1. The number of amides is 1. The quantitative estimate of drug-likeness (QED) is 0.905. The number of benzene rings is 1. The lowest BCUT2D eigenvalue weighted by Gasteiger charge is -2.05. The molecule has 1 heterocycles. The summed E-state index contributed by atoms with van der Waals surface area (Å²) in [7, 11) is 0. The molecule has 0 spiro atoms. The molecule has 0 fully saturated rings. The monoisotopic (exact) mass is 298 g/mol. The molecule has 0 bridgehead atoms. The number of H-pyrrole nitrogens is 1. The van der Waals surface area contributed by atoms with Gasteiger partial charge in [-0.05, 0) is 18.2 Å². The molecule has 88 valence electrons. The van der Waals surface area contributed by atoms with Crippen LogP contribution in [0.3, 0.4) is 0 Å². The molecule has 0 aliphatic heterocycles. The molecule has 1 amide bonds. The Labute approximate surface area is 105 Å². The summed E-state index contributed by atoms with van der Waals surface area (Å²) in [5.74, 6) is -0.701. The van der Waals surface area contributed by atoms with E-state index < -0.39 is 5.91 Å². The number of hydrogen-bond donors (Lipinski definition) is 2. The largest absolute Gasteiger partial charge is 0.345 e. The topological polar surface area (TPSA) is 70.7 Å². The minimum Gasteiger partial charge on any atom is -0.345 e. The summed E-state index contributed by atoms with van der Waals surface area (Å²) in [6.07, 6.45) is 1.23. The molecule has 0 saturated carbocycles. The second-order valence-corrected chi connectivity index (χ2v) is 4.17. The Hall–Kier alpha value is -1.76. The molecule has 2 aromatic rings. The highest BCUT2D eigenvalue weighted by molar-refractivity contribution is 9.10. The SMILES string of the molecule is O=C(NCc1cc(Br)ccc1F)c1ncn[nH]1. The first kappa shape index (κ1) is 11.7. The van der Waals surface area contributed by atoms with Gasteiger partial charge in [-0.15, -0.1) is 0 Å². The van der Waals surface area contributed by atoms with Crippen LogP contribution in [0, 0.1) is 5.82 Å². The molecule has 2 rings (SSSR count). The van der Waals surface area contributed by atoms with Gasteiger partial charge in [0.2, 0.25) is 5.82 Å². The van der Waals surface area contributed by atoms with E-state index in [4.69, 9.17) is 0 Å². The molecule has 0 aliphatic carbocycles. The van der Waals surface area contributed by atoms with Crippen molar-refractivity contribution in [3.8, 4) is 0 Å². The number of rotatable bonds is 3. The Morgan fingerprint density at radius 3 is 3.06 bits per heavy atom. The van der Waals surface area contributed by atoms with Gasteiger partial charge in [-0.1, -0.05) is 15.9 Å². The lowest BCUT2D eigenvalue weighted by molar-refractivity contribution is 0.0940. The molecular weight excluding hydrogens is 291 g/mol. The van der Waals surface area contributed by atoms with Gasteiger partial charge in [0.25, 0.3) is 5.91 Å². The van der Waals surface area contributed by atoms with E-state index in [2.05, 4.69) is 36.4 Å². The third-order valence-corrected chi connectivity index (χ3v) is 2.57. The fourth-order valence-corrected chi connectivity index (χ4v) is 1.66. The Bertz CT molecular complexity index is 529. The number of aromatic amines is 1. The molecule has 17 heavy (non-hydrogen) atoms. The number of carbonyl (C=O) groups excluding carboxylic acids is 1. The zero-order valence-corrected chi connectivity index (χ0v) is 10.2. The molecule has 2 N–H and O–H groups in total. The number of halogens is 2. The molecule has 0 atom stereocenters. The molecule has 1 aromatic heterocycles. The molecule has 0 unspecified atom stereocenters. The smallest absolute Gasteiger partial charge is 0.288 e. The zero-order chi connectivity index (χ0) is 12.3. The van der Waals surface area contributed by atoms with Crippen molar-refractivity contribution in [1.82, 2.24) is 20.5 Å². The maximum atomic E-state index is 13.4. The standard InChI is InChI=1S/C10H8BrFN4O/c11-7-1-2-8(12)6(3-7)4-13-10(17)9-14-5-15-16-9/h1-3,5H,4H2,(H,13,17)(H,14,15,16). The van der Waals surface area contributed by atoms with Gasteiger partial charge in [-0.3, -0.25) is 9.89 Å². The Morgan fingerprint density at radius 1 is 1.53 bits per heavy atom. The van der Waals surface area contributed by atoms with E-state index in [1.165, 1.54) is 12.4 Å². The number of hydrogen-bond acceptors (Lipinski definition) is 3. The van der Waals surface area contributed by atoms with E-state index >= 15 is 0 Å². The van der Waals surface area contributed by atoms with Gasteiger partial charge in [-0.2, -0.15) is 5.10 Å². The predicted octanol–water partition coefficient (Wildman–Crippen LogP) is 1.64. The van der Waals surface area contributed by atoms with Gasteiger partial charge in [0.15, 0.2) is 0 Å².